The number of rotatable bonds is 4. The number of nitrogens with zero attached hydrogens (tertiary/aromatic N) is 1. The van der Waals surface area contributed by atoms with Crippen LogP contribution in [-0.2, 0) is 9.84 Å². The number of nitrogens with one attached hydrogen (secondary N) is 1. The summed E-state index contributed by atoms with van der Waals surface area (Å²) in [5.41, 5.74) is 2.16. The summed E-state index contributed by atoms with van der Waals surface area (Å²) < 4.78 is 23.1. The lowest BCUT2D eigenvalue weighted by molar-refractivity contribution is 0.187. The van der Waals surface area contributed by atoms with Gasteiger partial charge >= 0.3 is 6.03 Å². The molecule has 22 heavy (non-hydrogen) atoms. The molecule has 1 atom stereocenters. The Kier molecular flexibility index (Phi) is 5.24. The summed E-state index contributed by atoms with van der Waals surface area (Å²) in [4.78, 5) is 13.8. The summed E-state index contributed by atoms with van der Waals surface area (Å²) in [6, 6.07) is 7.46. The van der Waals surface area contributed by atoms with Crippen molar-refractivity contribution in [2.75, 3.05) is 18.1 Å². The number of carbonyl (C=O) groups excluding carboxylic acids is 1. The molecular weight excluding hydrogens is 300 g/mol. The number of benzene rings is 1. The van der Waals surface area contributed by atoms with Crippen LogP contribution in [0.25, 0.3) is 6.08 Å². The van der Waals surface area contributed by atoms with E-state index in [-0.39, 0.29) is 23.6 Å². The van der Waals surface area contributed by atoms with Crippen molar-refractivity contribution in [1.29, 1.82) is 0 Å². The molecule has 1 aliphatic rings. The Morgan fingerprint density at radius 1 is 1.45 bits per heavy atom. The fraction of sp³-hybridized carbons (Fsp3) is 0.438. The van der Waals surface area contributed by atoms with Crippen LogP contribution in [0.1, 0.15) is 24.5 Å². The molecule has 1 heterocycles. The average molecular weight is 322 g/mol. The zero-order chi connectivity index (χ0) is 16.2. The average Bonchev–Trinajstić information content (AvgIpc) is 2.80. The van der Waals surface area contributed by atoms with E-state index in [1.807, 2.05) is 44.2 Å². The Morgan fingerprint density at radius 3 is 2.82 bits per heavy atom. The van der Waals surface area contributed by atoms with Gasteiger partial charge < -0.3 is 10.2 Å². The van der Waals surface area contributed by atoms with Gasteiger partial charge in [0.1, 0.15) is 0 Å². The first-order valence-electron chi connectivity index (χ1n) is 7.42. The predicted molar refractivity (Wildman–Crippen MR) is 88.2 cm³/mol. The fourth-order valence-corrected chi connectivity index (χ4v) is 4.39. The van der Waals surface area contributed by atoms with Gasteiger partial charge in [-0.15, -0.1) is 0 Å². The second-order valence-electron chi connectivity index (χ2n) is 5.54. The lowest BCUT2D eigenvalue weighted by Crippen LogP contribution is -2.45. The predicted octanol–water partition coefficient (Wildman–Crippen LogP) is 2.18. The summed E-state index contributed by atoms with van der Waals surface area (Å²) in [7, 11) is -2.99. The van der Waals surface area contributed by atoms with Crippen LogP contribution in [0, 0.1) is 6.92 Å². The number of hydrogen-bond donors (Lipinski definition) is 1. The lowest BCUT2D eigenvalue weighted by atomic mass is 10.1. The highest BCUT2D eigenvalue weighted by Crippen LogP contribution is 2.17. The maximum atomic E-state index is 12.2. The van der Waals surface area contributed by atoms with E-state index in [0.29, 0.717) is 13.0 Å². The number of sulfone groups is 1. The summed E-state index contributed by atoms with van der Waals surface area (Å²) in [6.07, 6.45) is 3.94. The number of hydrogen-bond acceptors (Lipinski definition) is 3. The Hall–Kier alpha value is -1.82. The highest BCUT2D eigenvalue weighted by Gasteiger charge is 2.33. The zero-order valence-corrected chi connectivity index (χ0v) is 13.8. The molecule has 5 nitrogen and oxygen atoms in total. The topological polar surface area (TPSA) is 66.5 Å². The number of amides is 2. The second kappa shape index (κ2) is 6.96. The largest absolute Gasteiger partial charge is 0.321 e. The summed E-state index contributed by atoms with van der Waals surface area (Å²) in [5, 5.41) is 2.72. The van der Waals surface area contributed by atoms with Gasteiger partial charge in [0.25, 0.3) is 0 Å². The lowest BCUT2D eigenvalue weighted by Gasteiger charge is -2.26. The van der Waals surface area contributed by atoms with Crippen molar-refractivity contribution in [3.8, 4) is 0 Å². The zero-order valence-electron chi connectivity index (χ0n) is 13.0. The van der Waals surface area contributed by atoms with Crippen LogP contribution >= 0.6 is 0 Å². The van der Waals surface area contributed by atoms with E-state index in [0.717, 1.165) is 11.1 Å². The van der Waals surface area contributed by atoms with Crippen molar-refractivity contribution >= 4 is 21.9 Å². The molecule has 120 valence electrons. The van der Waals surface area contributed by atoms with Gasteiger partial charge in [-0.05, 0) is 31.9 Å². The Labute approximate surface area is 131 Å². The molecular formula is C16H22N2O3S. The minimum atomic E-state index is -2.99. The van der Waals surface area contributed by atoms with Gasteiger partial charge in [-0.1, -0.05) is 29.8 Å². The van der Waals surface area contributed by atoms with Crippen molar-refractivity contribution in [2.45, 2.75) is 26.3 Å². The quantitative estimate of drug-likeness (QED) is 0.924. The molecule has 0 saturated carbocycles. The molecule has 2 rings (SSSR count). The van der Waals surface area contributed by atoms with Gasteiger partial charge in [0.2, 0.25) is 0 Å². The van der Waals surface area contributed by atoms with Crippen LogP contribution in [0.2, 0.25) is 0 Å². The Bertz CT molecular complexity index is 668. The molecule has 6 heteroatoms. The molecule has 0 aromatic heterocycles. The van der Waals surface area contributed by atoms with E-state index in [1.54, 1.807) is 11.1 Å². The minimum Gasteiger partial charge on any atom is -0.321 e. The van der Waals surface area contributed by atoms with Gasteiger partial charge in [-0.25, -0.2) is 13.2 Å². The fourth-order valence-electron chi connectivity index (χ4n) is 2.65. The molecule has 1 aromatic carbocycles. The highest BCUT2D eigenvalue weighted by atomic mass is 32.2. The molecule has 0 radical (unpaired) electrons. The molecule has 1 N–H and O–H groups in total. The van der Waals surface area contributed by atoms with E-state index in [2.05, 4.69) is 5.32 Å². The van der Waals surface area contributed by atoms with Crippen LogP contribution in [0.5, 0.6) is 0 Å². The smallest absolute Gasteiger partial charge is 0.321 e. The summed E-state index contributed by atoms with van der Waals surface area (Å²) in [6.45, 7) is 4.36. The molecule has 1 aliphatic heterocycles. The van der Waals surface area contributed by atoms with Crippen LogP contribution in [-0.4, -0.2) is 43.4 Å². The van der Waals surface area contributed by atoms with Crippen LogP contribution in [0.3, 0.4) is 0 Å². The van der Waals surface area contributed by atoms with Crippen molar-refractivity contribution in [3.05, 3.63) is 41.6 Å². The molecule has 2 amide bonds. The second-order valence-corrected chi connectivity index (χ2v) is 7.77. The van der Waals surface area contributed by atoms with Crippen molar-refractivity contribution in [3.63, 3.8) is 0 Å². The van der Waals surface area contributed by atoms with Crippen LogP contribution in [0.4, 0.5) is 4.79 Å². The molecule has 0 aliphatic carbocycles. The summed E-state index contributed by atoms with van der Waals surface area (Å²) in [5.74, 6) is 0.233. The summed E-state index contributed by atoms with van der Waals surface area (Å²) >= 11 is 0. The van der Waals surface area contributed by atoms with E-state index in [4.69, 9.17) is 0 Å². The highest BCUT2D eigenvalue weighted by molar-refractivity contribution is 7.91. The van der Waals surface area contributed by atoms with Gasteiger partial charge in [-0.3, -0.25) is 0 Å². The van der Waals surface area contributed by atoms with Gasteiger partial charge in [-0.2, -0.15) is 0 Å². The maximum Gasteiger partial charge on any atom is 0.321 e. The number of urea groups is 1. The first-order valence-corrected chi connectivity index (χ1v) is 9.24. The molecule has 0 bridgehead atoms. The third kappa shape index (κ3) is 4.34. The molecule has 1 unspecified atom stereocenters. The van der Waals surface area contributed by atoms with E-state index in [9.17, 15) is 13.2 Å². The standard InChI is InChI=1S/C16H22N2O3S/c1-3-18(15-8-10-22(20,21)12-15)16(19)17-9-7-14-6-4-5-13(2)11-14/h4-7,9,11,15H,3,8,10,12H2,1-2H3,(H,17,19)/b9-7+. The van der Waals surface area contributed by atoms with Gasteiger partial charge in [0.15, 0.2) is 9.84 Å². The monoisotopic (exact) mass is 322 g/mol. The van der Waals surface area contributed by atoms with Crippen LogP contribution < -0.4 is 5.32 Å². The third-order valence-corrected chi connectivity index (χ3v) is 5.53. The van der Waals surface area contributed by atoms with E-state index < -0.39 is 9.84 Å². The molecule has 1 saturated heterocycles. The third-order valence-electron chi connectivity index (χ3n) is 3.78. The number of carbonyl (C=O) groups is 1. The maximum absolute atomic E-state index is 12.2. The van der Waals surface area contributed by atoms with Crippen molar-refractivity contribution in [2.24, 2.45) is 0 Å². The van der Waals surface area contributed by atoms with Crippen molar-refractivity contribution < 1.29 is 13.2 Å². The van der Waals surface area contributed by atoms with Crippen LogP contribution in [0.15, 0.2) is 30.5 Å². The SMILES string of the molecule is CCN(C(=O)N/C=C/c1cccc(C)c1)C1CCS(=O)(=O)C1. The van der Waals surface area contributed by atoms with E-state index in [1.165, 1.54) is 0 Å². The molecule has 0 spiro atoms. The Balaban J connectivity index is 1.95. The molecule has 1 fully saturated rings. The first kappa shape index (κ1) is 16.5. The van der Waals surface area contributed by atoms with Gasteiger partial charge in [0, 0.05) is 18.8 Å². The number of aryl methyl sites for hydroxylation is 1. The van der Waals surface area contributed by atoms with Gasteiger partial charge in [0.05, 0.1) is 11.5 Å². The van der Waals surface area contributed by atoms with Crippen molar-refractivity contribution in [1.82, 2.24) is 10.2 Å². The first-order chi connectivity index (χ1) is 10.4. The normalized spacial score (nSPS) is 20.2. The van der Waals surface area contributed by atoms with E-state index >= 15 is 0 Å². The minimum absolute atomic E-state index is 0.0653. The Morgan fingerprint density at radius 2 is 2.23 bits per heavy atom. The molecule has 1 aromatic rings.